The molecular formula is C17H18N4O3S. The molecule has 7 nitrogen and oxygen atoms in total. The molecule has 25 heavy (non-hydrogen) atoms. The SMILES string of the molecule is Cc1oc2ncn(C)c(=O)c2c1C(=O)Nc1nc2c(s1)CC(C)CC2. The van der Waals surface area contributed by atoms with Crippen LogP contribution < -0.4 is 10.9 Å². The summed E-state index contributed by atoms with van der Waals surface area (Å²) >= 11 is 1.51. The highest BCUT2D eigenvalue weighted by molar-refractivity contribution is 7.15. The Morgan fingerprint density at radius 2 is 2.28 bits per heavy atom. The molecule has 0 fully saturated rings. The number of carbonyl (C=O) groups excluding carboxylic acids is 1. The van der Waals surface area contributed by atoms with Gasteiger partial charge in [-0.3, -0.25) is 14.9 Å². The number of hydrogen-bond donors (Lipinski definition) is 1. The molecule has 4 rings (SSSR count). The van der Waals surface area contributed by atoms with Gasteiger partial charge in [-0.2, -0.15) is 0 Å². The highest BCUT2D eigenvalue weighted by Gasteiger charge is 2.25. The molecule has 0 bridgehead atoms. The minimum atomic E-state index is -0.388. The lowest BCUT2D eigenvalue weighted by Gasteiger charge is -2.15. The first kappa shape index (κ1) is 16.0. The third-order valence-corrected chi connectivity index (χ3v) is 5.62. The average Bonchev–Trinajstić information content (AvgIpc) is 3.10. The number of aromatic nitrogens is 3. The third-order valence-electron chi connectivity index (χ3n) is 4.58. The number of nitrogens with one attached hydrogen (secondary N) is 1. The lowest BCUT2D eigenvalue weighted by molar-refractivity contribution is 0.102. The molecule has 3 heterocycles. The van der Waals surface area contributed by atoms with Crippen molar-refractivity contribution in [2.45, 2.75) is 33.1 Å². The molecule has 0 aromatic carbocycles. The first-order valence-electron chi connectivity index (χ1n) is 8.18. The Morgan fingerprint density at radius 3 is 3.08 bits per heavy atom. The molecule has 1 N–H and O–H groups in total. The van der Waals surface area contributed by atoms with E-state index in [4.69, 9.17) is 4.42 Å². The Hall–Kier alpha value is -2.48. The third kappa shape index (κ3) is 2.66. The van der Waals surface area contributed by atoms with Gasteiger partial charge in [-0.05, 0) is 32.1 Å². The molecule has 1 unspecified atom stereocenters. The summed E-state index contributed by atoms with van der Waals surface area (Å²) in [5, 5.41) is 3.60. The van der Waals surface area contributed by atoms with Crippen molar-refractivity contribution in [2.75, 3.05) is 5.32 Å². The summed E-state index contributed by atoms with van der Waals surface area (Å²) in [5.41, 5.74) is 1.17. The predicted molar refractivity (Wildman–Crippen MR) is 95.2 cm³/mol. The molecule has 1 aliphatic rings. The normalized spacial score (nSPS) is 16.8. The second-order valence-corrected chi connectivity index (χ2v) is 7.65. The Morgan fingerprint density at radius 1 is 1.48 bits per heavy atom. The molecular weight excluding hydrogens is 340 g/mol. The van der Waals surface area contributed by atoms with Crippen LogP contribution in [0.2, 0.25) is 0 Å². The van der Waals surface area contributed by atoms with Crippen molar-refractivity contribution in [3.8, 4) is 0 Å². The van der Waals surface area contributed by atoms with Crippen molar-refractivity contribution in [1.29, 1.82) is 0 Å². The summed E-state index contributed by atoms with van der Waals surface area (Å²) < 4.78 is 6.82. The van der Waals surface area contributed by atoms with Crippen LogP contribution in [0.25, 0.3) is 11.1 Å². The highest BCUT2D eigenvalue weighted by Crippen LogP contribution is 2.32. The van der Waals surface area contributed by atoms with E-state index in [0.717, 1.165) is 25.0 Å². The van der Waals surface area contributed by atoms with E-state index < -0.39 is 0 Å². The van der Waals surface area contributed by atoms with Gasteiger partial charge in [0.15, 0.2) is 5.13 Å². The summed E-state index contributed by atoms with van der Waals surface area (Å²) in [6.07, 6.45) is 4.45. The number of thiazole rings is 1. The van der Waals surface area contributed by atoms with Crippen LogP contribution in [0, 0.1) is 12.8 Å². The van der Waals surface area contributed by atoms with Gasteiger partial charge in [0, 0.05) is 11.9 Å². The van der Waals surface area contributed by atoms with Crippen LogP contribution in [0.15, 0.2) is 15.5 Å². The Kier molecular flexibility index (Phi) is 3.72. The zero-order valence-electron chi connectivity index (χ0n) is 14.3. The largest absolute Gasteiger partial charge is 0.442 e. The van der Waals surface area contributed by atoms with Crippen molar-refractivity contribution in [1.82, 2.24) is 14.5 Å². The molecule has 130 valence electrons. The van der Waals surface area contributed by atoms with Crippen LogP contribution >= 0.6 is 11.3 Å². The topological polar surface area (TPSA) is 90.0 Å². The lowest BCUT2D eigenvalue weighted by Crippen LogP contribution is -2.20. The van der Waals surface area contributed by atoms with Gasteiger partial charge in [0.25, 0.3) is 11.5 Å². The fourth-order valence-electron chi connectivity index (χ4n) is 3.21. The summed E-state index contributed by atoms with van der Waals surface area (Å²) in [7, 11) is 1.59. The molecule has 1 amide bonds. The van der Waals surface area contributed by atoms with Gasteiger partial charge in [-0.15, -0.1) is 11.3 Å². The fraction of sp³-hybridized carbons (Fsp3) is 0.412. The van der Waals surface area contributed by atoms with Crippen LogP contribution in [-0.2, 0) is 19.9 Å². The number of hydrogen-bond acceptors (Lipinski definition) is 6. The maximum absolute atomic E-state index is 12.8. The molecule has 0 aliphatic heterocycles. The van der Waals surface area contributed by atoms with Crippen LogP contribution in [-0.4, -0.2) is 20.4 Å². The Bertz CT molecular complexity index is 1050. The van der Waals surface area contributed by atoms with Crippen LogP contribution in [0.5, 0.6) is 0 Å². The molecule has 1 aliphatic carbocycles. The van der Waals surface area contributed by atoms with Crippen LogP contribution in [0.4, 0.5) is 5.13 Å². The van der Waals surface area contributed by atoms with E-state index in [0.29, 0.717) is 16.8 Å². The maximum Gasteiger partial charge on any atom is 0.265 e. The van der Waals surface area contributed by atoms with E-state index in [1.54, 1.807) is 14.0 Å². The second-order valence-electron chi connectivity index (χ2n) is 6.57. The lowest BCUT2D eigenvalue weighted by atomic mass is 9.93. The van der Waals surface area contributed by atoms with Crippen LogP contribution in [0.1, 0.15) is 40.0 Å². The van der Waals surface area contributed by atoms with Gasteiger partial charge in [-0.1, -0.05) is 6.92 Å². The molecule has 1 atom stereocenters. The standard InChI is InChI=1S/C17H18N4O3S/c1-8-4-5-10-11(6-8)25-17(19-10)20-14(22)12-9(2)24-15-13(12)16(23)21(3)7-18-15/h7-8H,4-6H2,1-3H3,(H,19,20,22). The van der Waals surface area contributed by atoms with Gasteiger partial charge in [-0.25, -0.2) is 9.97 Å². The molecule has 0 saturated heterocycles. The molecule has 8 heteroatoms. The smallest absolute Gasteiger partial charge is 0.265 e. The number of furan rings is 1. The number of fused-ring (bicyclic) bond motifs is 2. The molecule has 0 spiro atoms. The van der Waals surface area contributed by atoms with Crippen LogP contribution in [0.3, 0.4) is 0 Å². The molecule has 0 saturated carbocycles. The number of amides is 1. The zero-order valence-corrected chi connectivity index (χ0v) is 15.1. The zero-order chi connectivity index (χ0) is 17.7. The van der Waals surface area contributed by atoms with Crippen molar-refractivity contribution >= 4 is 33.5 Å². The number of nitrogens with zero attached hydrogens (tertiary/aromatic N) is 3. The molecule has 3 aromatic rings. The van der Waals surface area contributed by atoms with E-state index in [1.165, 1.54) is 27.1 Å². The molecule has 0 radical (unpaired) electrons. The Labute approximate surface area is 147 Å². The second kappa shape index (κ2) is 5.80. The first-order chi connectivity index (χ1) is 11.9. The number of rotatable bonds is 2. The average molecular weight is 358 g/mol. The maximum atomic E-state index is 12.8. The van der Waals surface area contributed by atoms with Crippen molar-refractivity contribution in [3.63, 3.8) is 0 Å². The minimum Gasteiger partial charge on any atom is -0.442 e. The van der Waals surface area contributed by atoms with Gasteiger partial charge in [0.2, 0.25) is 5.71 Å². The van der Waals surface area contributed by atoms with Gasteiger partial charge in [0.05, 0.1) is 11.3 Å². The summed E-state index contributed by atoms with van der Waals surface area (Å²) in [6.45, 7) is 3.88. The van der Waals surface area contributed by atoms with Gasteiger partial charge >= 0.3 is 0 Å². The van der Waals surface area contributed by atoms with E-state index in [2.05, 4.69) is 22.2 Å². The summed E-state index contributed by atoms with van der Waals surface area (Å²) in [4.78, 5) is 35.0. The quantitative estimate of drug-likeness (QED) is 0.761. The van der Waals surface area contributed by atoms with E-state index in [9.17, 15) is 9.59 Å². The van der Waals surface area contributed by atoms with E-state index in [1.807, 2.05) is 0 Å². The Balaban J connectivity index is 1.71. The minimum absolute atomic E-state index is 0.179. The van der Waals surface area contributed by atoms with E-state index in [-0.39, 0.29) is 28.1 Å². The number of anilines is 1. The molecule has 3 aromatic heterocycles. The van der Waals surface area contributed by atoms with Crippen molar-refractivity contribution in [2.24, 2.45) is 13.0 Å². The van der Waals surface area contributed by atoms with Gasteiger partial charge in [0.1, 0.15) is 17.5 Å². The predicted octanol–water partition coefficient (Wildman–Crippen LogP) is 2.67. The number of carbonyl (C=O) groups is 1. The highest BCUT2D eigenvalue weighted by atomic mass is 32.1. The summed E-state index contributed by atoms with van der Waals surface area (Å²) in [6, 6.07) is 0. The first-order valence-corrected chi connectivity index (χ1v) is 9.00. The number of aryl methyl sites for hydroxylation is 3. The summed E-state index contributed by atoms with van der Waals surface area (Å²) in [5.74, 6) is 0.629. The van der Waals surface area contributed by atoms with Crippen molar-refractivity contribution in [3.05, 3.63) is 38.6 Å². The van der Waals surface area contributed by atoms with E-state index >= 15 is 0 Å². The fourth-order valence-corrected chi connectivity index (χ4v) is 4.38. The monoisotopic (exact) mass is 358 g/mol. The van der Waals surface area contributed by atoms with Crippen molar-refractivity contribution < 1.29 is 9.21 Å². The van der Waals surface area contributed by atoms with Gasteiger partial charge < -0.3 is 8.98 Å².